The Morgan fingerprint density at radius 1 is 1.10 bits per heavy atom. The molecular formula is C22H22N6O2. The van der Waals surface area contributed by atoms with E-state index < -0.39 is 6.04 Å². The number of fused-ring (bicyclic) bond motifs is 1. The van der Waals surface area contributed by atoms with E-state index in [2.05, 4.69) is 20.5 Å². The van der Waals surface area contributed by atoms with Gasteiger partial charge in [-0.25, -0.2) is 9.36 Å². The van der Waals surface area contributed by atoms with E-state index in [-0.39, 0.29) is 11.5 Å². The van der Waals surface area contributed by atoms with Crippen molar-refractivity contribution in [3.8, 4) is 5.69 Å². The summed E-state index contributed by atoms with van der Waals surface area (Å²) in [5, 5.41) is 12.3. The molecule has 4 aromatic rings. The summed E-state index contributed by atoms with van der Waals surface area (Å²) in [5.41, 5.74) is 2.94. The number of rotatable bonds is 5. The number of anilines is 1. The van der Waals surface area contributed by atoms with Gasteiger partial charge >= 0.3 is 0 Å². The Kier molecular flexibility index (Phi) is 5.14. The highest BCUT2D eigenvalue weighted by Gasteiger charge is 2.25. The molecule has 0 spiro atoms. The van der Waals surface area contributed by atoms with Crippen LogP contribution in [-0.2, 0) is 4.79 Å². The van der Waals surface area contributed by atoms with Crippen molar-refractivity contribution in [1.82, 2.24) is 24.5 Å². The highest BCUT2D eigenvalue weighted by Crippen LogP contribution is 2.21. The molecule has 3 aromatic heterocycles. The van der Waals surface area contributed by atoms with Gasteiger partial charge in [-0.3, -0.25) is 14.6 Å². The topological polar surface area (TPSA) is 94.7 Å². The number of pyridine rings is 1. The first-order chi connectivity index (χ1) is 14.5. The van der Waals surface area contributed by atoms with Gasteiger partial charge < -0.3 is 5.32 Å². The Labute approximate surface area is 173 Å². The van der Waals surface area contributed by atoms with E-state index in [4.69, 9.17) is 0 Å². The van der Waals surface area contributed by atoms with Crippen molar-refractivity contribution in [2.24, 2.45) is 0 Å². The lowest BCUT2D eigenvalue weighted by Gasteiger charge is -2.17. The van der Waals surface area contributed by atoms with Crippen LogP contribution in [0.4, 0.5) is 5.69 Å². The van der Waals surface area contributed by atoms with Crippen LogP contribution in [0, 0.1) is 13.8 Å². The third-order valence-electron chi connectivity index (χ3n) is 5.05. The van der Waals surface area contributed by atoms with Crippen LogP contribution in [0.15, 0.2) is 59.7 Å². The highest BCUT2D eigenvalue weighted by atomic mass is 16.2. The number of aromatic nitrogens is 5. The maximum atomic E-state index is 13.4. The highest BCUT2D eigenvalue weighted by molar-refractivity contribution is 5.93. The molecule has 1 N–H and O–H groups in total. The monoisotopic (exact) mass is 402 g/mol. The maximum absolute atomic E-state index is 13.4. The zero-order valence-electron chi connectivity index (χ0n) is 17.0. The minimum atomic E-state index is -0.750. The van der Waals surface area contributed by atoms with Crippen molar-refractivity contribution in [1.29, 1.82) is 0 Å². The molecule has 4 rings (SSSR count). The van der Waals surface area contributed by atoms with Gasteiger partial charge in [0.1, 0.15) is 11.6 Å². The van der Waals surface area contributed by atoms with Crippen molar-refractivity contribution in [3.05, 3.63) is 76.6 Å². The summed E-state index contributed by atoms with van der Waals surface area (Å²) >= 11 is 0. The van der Waals surface area contributed by atoms with E-state index in [1.54, 1.807) is 36.1 Å². The van der Waals surface area contributed by atoms with Gasteiger partial charge in [-0.2, -0.15) is 10.2 Å². The molecule has 0 bridgehead atoms. The van der Waals surface area contributed by atoms with Crippen LogP contribution in [0.5, 0.6) is 0 Å². The molecule has 1 atom stereocenters. The second-order valence-electron chi connectivity index (χ2n) is 7.05. The number of carbonyl (C=O) groups is 1. The molecule has 30 heavy (non-hydrogen) atoms. The third-order valence-corrected chi connectivity index (χ3v) is 5.05. The second-order valence-corrected chi connectivity index (χ2v) is 7.05. The molecule has 0 saturated heterocycles. The van der Waals surface area contributed by atoms with E-state index in [1.807, 2.05) is 44.2 Å². The smallest absolute Gasteiger partial charge is 0.278 e. The first-order valence-electron chi connectivity index (χ1n) is 9.76. The quantitative estimate of drug-likeness (QED) is 0.553. The number of hydrogen-bond acceptors (Lipinski definition) is 5. The van der Waals surface area contributed by atoms with Gasteiger partial charge in [-0.1, -0.05) is 25.1 Å². The number of amides is 1. The number of aryl methyl sites for hydroxylation is 2. The minimum absolute atomic E-state index is 0.313. The summed E-state index contributed by atoms with van der Waals surface area (Å²) in [6.07, 6.45) is 3.60. The Bertz CT molecular complexity index is 1260. The van der Waals surface area contributed by atoms with Gasteiger partial charge in [0.25, 0.3) is 5.56 Å². The lowest BCUT2D eigenvalue weighted by atomic mass is 10.2. The van der Waals surface area contributed by atoms with Gasteiger partial charge in [0.05, 0.1) is 34.3 Å². The average Bonchev–Trinajstić information content (AvgIpc) is 3.11. The van der Waals surface area contributed by atoms with Crippen molar-refractivity contribution >= 4 is 22.5 Å². The van der Waals surface area contributed by atoms with Crippen LogP contribution >= 0.6 is 0 Å². The molecule has 8 nitrogen and oxygen atoms in total. The fourth-order valence-electron chi connectivity index (χ4n) is 3.54. The van der Waals surface area contributed by atoms with E-state index in [9.17, 15) is 9.59 Å². The fourth-order valence-corrected chi connectivity index (χ4v) is 3.54. The number of nitrogens with one attached hydrogen (secondary N) is 1. The Morgan fingerprint density at radius 2 is 1.87 bits per heavy atom. The van der Waals surface area contributed by atoms with Gasteiger partial charge in [0.15, 0.2) is 0 Å². The summed E-state index contributed by atoms with van der Waals surface area (Å²) in [6, 6.07) is 12.3. The molecule has 0 aliphatic carbocycles. The largest absolute Gasteiger partial charge is 0.323 e. The number of nitrogens with zero attached hydrogens (tertiary/aromatic N) is 5. The van der Waals surface area contributed by atoms with E-state index in [1.165, 1.54) is 4.68 Å². The standard InChI is InChI=1S/C22H22N6O2/c1-4-18(21(29)24-16-9-8-12-23-13-16)28-22(30)19-15(3)27(17-10-6-5-7-11-17)26-20(19)14(2)25-28/h5-13,18H,4H2,1-3H3,(H,24,29). The summed E-state index contributed by atoms with van der Waals surface area (Å²) in [7, 11) is 0. The van der Waals surface area contributed by atoms with Crippen LogP contribution in [0.25, 0.3) is 16.6 Å². The van der Waals surface area contributed by atoms with E-state index >= 15 is 0 Å². The lowest BCUT2D eigenvalue weighted by Crippen LogP contribution is -2.35. The van der Waals surface area contributed by atoms with Crippen LogP contribution < -0.4 is 10.9 Å². The summed E-state index contributed by atoms with van der Waals surface area (Å²) in [5.74, 6) is -0.313. The zero-order valence-corrected chi connectivity index (χ0v) is 17.0. The number of hydrogen-bond donors (Lipinski definition) is 1. The first kappa shape index (κ1) is 19.5. The molecule has 0 radical (unpaired) electrons. The minimum Gasteiger partial charge on any atom is -0.323 e. The SMILES string of the molecule is CCC(C(=O)Nc1cccnc1)n1nc(C)c2nn(-c3ccccc3)c(C)c2c1=O. The van der Waals surface area contributed by atoms with Crippen LogP contribution in [0.1, 0.15) is 30.8 Å². The summed E-state index contributed by atoms with van der Waals surface area (Å²) in [4.78, 5) is 30.3. The zero-order chi connectivity index (χ0) is 21.3. The number of para-hydroxylation sites is 1. The fraction of sp³-hybridized carbons (Fsp3) is 0.227. The molecule has 1 unspecified atom stereocenters. The van der Waals surface area contributed by atoms with Crippen molar-refractivity contribution in [2.45, 2.75) is 33.2 Å². The van der Waals surface area contributed by atoms with Crippen LogP contribution in [0.2, 0.25) is 0 Å². The molecule has 8 heteroatoms. The number of carbonyl (C=O) groups excluding carboxylic acids is 1. The van der Waals surface area contributed by atoms with E-state index in [0.717, 1.165) is 5.69 Å². The normalized spacial score (nSPS) is 12.1. The Balaban J connectivity index is 1.81. The van der Waals surface area contributed by atoms with Gasteiger partial charge in [-0.05, 0) is 44.5 Å². The average molecular weight is 402 g/mol. The predicted molar refractivity (Wildman–Crippen MR) is 115 cm³/mol. The molecule has 1 amide bonds. The number of benzene rings is 1. The van der Waals surface area contributed by atoms with Crippen molar-refractivity contribution in [2.75, 3.05) is 5.32 Å². The van der Waals surface area contributed by atoms with Gasteiger partial charge in [0.2, 0.25) is 5.91 Å². The Hall–Kier alpha value is -3.81. The summed E-state index contributed by atoms with van der Waals surface area (Å²) < 4.78 is 3.01. The van der Waals surface area contributed by atoms with Crippen LogP contribution in [-0.4, -0.2) is 30.5 Å². The Morgan fingerprint density at radius 3 is 2.53 bits per heavy atom. The predicted octanol–water partition coefficient (Wildman–Crippen LogP) is 3.18. The molecular weight excluding hydrogens is 380 g/mol. The molecule has 3 heterocycles. The maximum Gasteiger partial charge on any atom is 0.278 e. The molecule has 0 fully saturated rings. The molecule has 0 saturated carbocycles. The van der Waals surface area contributed by atoms with Gasteiger partial charge in [0, 0.05) is 6.20 Å². The molecule has 1 aromatic carbocycles. The third kappa shape index (κ3) is 3.36. The lowest BCUT2D eigenvalue weighted by molar-refractivity contribution is -0.119. The molecule has 0 aliphatic rings. The van der Waals surface area contributed by atoms with Crippen molar-refractivity contribution in [3.63, 3.8) is 0 Å². The molecule has 0 aliphatic heterocycles. The van der Waals surface area contributed by atoms with Crippen LogP contribution in [0.3, 0.4) is 0 Å². The van der Waals surface area contributed by atoms with Crippen molar-refractivity contribution < 1.29 is 4.79 Å². The first-order valence-corrected chi connectivity index (χ1v) is 9.76. The summed E-state index contributed by atoms with van der Waals surface area (Å²) in [6.45, 7) is 5.50. The second kappa shape index (κ2) is 7.90. The van der Waals surface area contributed by atoms with Gasteiger partial charge in [-0.15, -0.1) is 0 Å². The molecule has 152 valence electrons. The van der Waals surface area contributed by atoms with E-state index in [0.29, 0.717) is 34.4 Å².